The van der Waals surface area contributed by atoms with Gasteiger partial charge in [-0.05, 0) is 18.4 Å². The fourth-order valence-corrected chi connectivity index (χ4v) is 3.65. The SMILES string of the molecule is C[SiH2]C1CCCC(Cl)C1. The molecular weight excluding hydrogens is 148 g/mol. The van der Waals surface area contributed by atoms with E-state index in [1.807, 2.05) is 0 Å². The van der Waals surface area contributed by atoms with Crippen LogP contribution in [0.15, 0.2) is 0 Å². The van der Waals surface area contributed by atoms with Crippen LogP contribution in [0.5, 0.6) is 0 Å². The van der Waals surface area contributed by atoms with Crippen LogP contribution in [0.1, 0.15) is 25.7 Å². The van der Waals surface area contributed by atoms with Crippen LogP contribution in [0.2, 0.25) is 12.1 Å². The van der Waals surface area contributed by atoms with E-state index < -0.39 is 0 Å². The summed E-state index contributed by atoms with van der Waals surface area (Å²) in [6, 6.07) is 0. The maximum atomic E-state index is 6.01. The van der Waals surface area contributed by atoms with Gasteiger partial charge in [-0.3, -0.25) is 0 Å². The predicted octanol–water partition coefficient (Wildman–Crippen LogP) is 2.17. The molecule has 0 N–H and O–H groups in total. The normalized spacial score (nSPS) is 38.0. The summed E-state index contributed by atoms with van der Waals surface area (Å²) in [6.45, 7) is 2.40. The molecule has 0 saturated heterocycles. The summed E-state index contributed by atoms with van der Waals surface area (Å²) in [4.78, 5) is 0. The van der Waals surface area contributed by atoms with Crippen molar-refractivity contribution in [1.29, 1.82) is 0 Å². The molecule has 1 rings (SSSR count). The molecule has 0 aliphatic heterocycles. The van der Waals surface area contributed by atoms with Crippen molar-refractivity contribution in [3.05, 3.63) is 0 Å². The number of halogens is 1. The lowest BCUT2D eigenvalue weighted by atomic mass is 10.00. The van der Waals surface area contributed by atoms with Gasteiger partial charge < -0.3 is 0 Å². The molecule has 0 radical (unpaired) electrons. The number of rotatable bonds is 1. The second-order valence-corrected chi connectivity index (χ2v) is 5.63. The van der Waals surface area contributed by atoms with Crippen LogP contribution in [0.3, 0.4) is 0 Å². The van der Waals surface area contributed by atoms with Crippen molar-refractivity contribution in [3.63, 3.8) is 0 Å². The van der Waals surface area contributed by atoms with Gasteiger partial charge in [0.2, 0.25) is 0 Å². The van der Waals surface area contributed by atoms with Crippen molar-refractivity contribution in [1.82, 2.24) is 0 Å². The van der Waals surface area contributed by atoms with Crippen molar-refractivity contribution in [3.8, 4) is 0 Å². The summed E-state index contributed by atoms with van der Waals surface area (Å²) in [5, 5.41) is 0.524. The lowest BCUT2D eigenvalue weighted by Crippen LogP contribution is -2.14. The highest BCUT2D eigenvalue weighted by Crippen LogP contribution is 2.30. The smallest absolute Gasteiger partial charge is 0.0335 e. The predicted molar refractivity (Wildman–Crippen MR) is 46.3 cm³/mol. The Balaban J connectivity index is 2.23. The Morgan fingerprint density at radius 1 is 1.44 bits per heavy atom. The molecule has 0 amide bonds. The zero-order valence-corrected chi connectivity index (χ0v) is 8.24. The van der Waals surface area contributed by atoms with E-state index in [1.165, 1.54) is 25.7 Å². The summed E-state index contributed by atoms with van der Waals surface area (Å²) in [7, 11) is 0.252. The van der Waals surface area contributed by atoms with Gasteiger partial charge in [-0.15, -0.1) is 11.6 Å². The second-order valence-electron chi connectivity index (χ2n) is 3.04. The molecule has 1 fully saturated rings. The Hall–Kier alpha value is 0.507. The average molecular weight is 163 g/mol. The first-order valence-electron chi connectivity index (χ1n) is 3.97. The molecule has 0 bridgehead atoms. The van der Waals surface area contributed by atoms with Gasteiger partial charge in [-0.2, -0.15) is 0 Å². The average Bonchev–Trinajstić information content (AvgIpc) is 1.88. The van der Waals surface area contributed by atoms with Crippen molar-refractivity contribution in [2.75, 3.05) is 0 Å². The lowest BCUT2D eigenvalue weighted by Gasteiger charge is -2.23. The van der Waals surface area contributed by atoms with Crippen LogP contribution in [-0.2, 0) is 0 Å². The number of hydrogen-bond donors (Lipinski definition) is 0. The molecule has 54 valence electrons. The zero-order chi connectivity index (χ0) is 6.69. The Morgan fingerprint density at radius 3 is 2.67 bits per heavy atom. The molecule has 0 aromatic heterocycles. The lowest BCUT2D eigenvalue weighted by molar-refractivity contribution is 0.508. The third kappa shape index (κ3) is 2.30. The molecule has 0 aromatic rings. The molecule has 0 heterocycles. The highest BCUT2D eigenvalue weighted by molar-refractivity contribution is 6.36. The van der Waals surface area contributed by atoms with Crippen LogP contribution >= 0.6 is 11.6 Å². The van der Waals surface area contributed by atoms with Gasteiger partial charge in [-0.1, -0.05) is 19.4 Å². The van der Waals surface area contributed by atoms with E-state index in [0.29, 0.717) is 5.38 Å². The van der Waals surface area contributed by atoms with Crippen LogP contribution < -0.4 is 0 Å². The van der Waals surface area contributed by atoms with Gasteiger partial charge in [0.15, 0.2) is 0 Å². The van der Waals surface area contributed by atoms with E-state index in [0.717, 1.165) is 5.54 Å². The minimum Gasteiger partial charge on any atom is -0.123 e. The van der Waals surface area contributed by atoms with Crippen molar-refractivity contribution in [2.45, 2.75) is 43.1 Å². The minimum atomic E-state index is 0.252. The number of alkyl halides is 1. The molecule has 1 saturated carbocycles. The van der Waals surface area contributed by atoms with E-state index in [4.69, 9.17) is 11.6 Å². The molecule has 2 atom stereocenters. The van der Waals surface area contributed by atoms with Crippen LogP contribution in [0.25, 0.3) is 0 Å². The number of hydrogen-bond acceptors (Lipinski definition) is 0. The van der Waals surface area contributed by atoms with E-state index in [9.17, 15) is 0 Å². The summed E-state index contributed by atoms with van der Waals surface area (Å²) < 4.78 is 0. The van der Waals surface area contributed by atoms with Gasteiger partial charge in [0.1, 0.15) is 0 Å². The van der Waals surface area contributed by atoms with Crippen LogP contribution in [-0.4, -0.2) is 14.9 Å². The van der Waals surface area contributed by atoms with E-state index in [2.05, 4.69) is 6.55 Å². The van der Waals surface area contributed by atoms with Gasteiger partial charge in [0.05, 0.1) is 0 Å². The summed E-state index contributed by atoms with van der Waals surface area (Å²) in [5.41, 5.74) is 1.07. The third-order valence-electron chi connectivity index (χ3n) is 2.30. The Morgan fingerprint density at radius 2 is 2.22 bits per heavy atom. The van der Waals surface area contributed by atoms with E-state index in [1.54, 1.807) is 0 Å². The molecule has 0 aromatic carbocycles. The quantitative estimate of drug-likeness (QED) is 0.410. The largest absolute Gasteiger partial charge is 0.123 e. The minimum absolute atomic E-state index is 0.252. The summed E-state index contributed by atoms with van der Waals surface area (Å²) in [5.74, 6) is 0. The molecular formula is C7H15ClSi. The van der Waals surface area contributed by atoms with Gasteiger partial charge in [0, 0.05) is 14.9 Å². The zero-order valence-electron chi connectivity index (χ0n) is 6.07. The van der Waals surface area contributed by atoms with Crippen LogP contribution in [0.4, 0.5) is 0 Å². The van der Waals surface area contributed by atoms with Crippen molar-refractivity contribution in [2.24, 2.45) is 0 Å². The Labute approximate surface area is 64.8 Å². The summed E-state index contributed by atoms with van der Waals surface area (Å²) in [6.07, 6.45) is 5.46. The first kappa shape index (κ1) is 7.61. The highest BCUT2D eigenvalue weighted by Gasteiger charge is 2.18. The molecule has 1 aliphatic rings. The van der Waals surface area contributed by atoms with Gasteiger partial charge in [0.25, 0.3) is 0 Å². The van der Waals surface area contributed by atoms with E-state index >= 15 is 0 Å². The first-order valence-corrected chi connectivity index (χ1v) is 6.63. The molecule has 9 heavy (non-hydrogen) atoms. The van der Waals surface area contributed by atoms with Crippen LogP contribution in [0, 0.1) is 0 Å². The monoisotopic (exact) mass is 162 g/mol. The summed E-state index contributed by atoms with van der Waals surface area (Å²) >= 11 is 6.01. The highest BCUT2D eigenvalue weighted by atomic mass is 35.5. The second kappa shape index (κ2) is 3.62. The van der Waals surface area contributed by atoms with E-state index in [-0.39, 0.29) is 9.52 Å². The molecule has 2 heteroatoms. The first-order chi connectivity index (χ1) is 4.33. The fourth-order valence-electron chi connectivity index (χ4n) is 1.60. The van der Waals surface area contributed by atoms with Crippen molar-refractivity contribution >= 4 is 21.1 Å². The molecule has 0 nitrogen and oxygen atoms in total. The molecule has 1 aliphatic carbocycles. The third-order valence-corrected chi connectivity index (χ3v) is 4.59. The van der Waals surface area contributed by atoms with Crippen molar-refractivity contribution < 1.29 is 0 Å². The molecule has 2 unspecified atom stereocenters. The van der Waals surface area contributed by atoms with Gasteiger partial charge >= 0.3 is 0 Å². The Bertz CT molecular complexity index is 85.0. The standard InChI is InChI=1S/C7H15ClSi/c1-9-7-4-2-3-6(8)5-7/h6-7H,2-5,9H2,1H3. The Kier molecular flexibility index (Phi) is 3.06. The topological polar surface area (TPSA) is 0 Å². The molecule has 0 spiro atoms. The van der Waals surface area contributed by atoms with Gasteiger partial charge in [-0.25, -0.2) is 0 Å². The maximum Gasteiger partial charge on any atom is 0.0335 e. The fraction of sp³-hybridized carbons (Fsp3) is 1.00. The maximum absolute atomic E-state index is 6.01.